The van der Waals surface area contributed by atoms with Gasteiger partial charge in [-0.05, 0) is 31.4 Å². The third kappa shape index (κ3) is 2.99. The summed E-state index contributed by atoms with van der Waals surface area (Å²) in [5.41, 5.74) is 2.54. The zero-order chi connectivity index (χ0) is 17.4. The van der Waals surface area contributed by atoms with Gasteiger partial charge in [0.2, 0.25) is 0 Å². The van der Waals surface area contributed by atoms with E-state index in [4.69, 9.17) is 4.98 Å². The number of hydrogen-bond acceptors (Lipinski definition) is 4. The lowest BCUT2D eigenvalue weighted by Gasteiger charge is -2.18. The Morgan fingerprint density at radius 2 is 1.92 bits per heavy atom. The Balaban J connectivity index is 1.97. The molecule has 0 fully saturated rings. The largest absolute Gasteiger partial charge is 0.324 e. The van der Waals surface area contributed by atoms with Crippen LogP contribution in [0.15, 0.2) is 40.3 Å². The number of aromatic nitrogens is 4. The molecular formula is C19H22N4OS. The van der Waals surface area contributed by atoms with Gasteiger partial charge >= 0.3 is 0 Å². The average molecular weight is 354 g/mol. The van der Waals surface area contributed by atoms with Gasteiger partial charge in [-0.1, -0.05) is 50.2 Å². The minimum absolute atomic E-state index is 0.0551. The molecule has 0 aromatic heterocycles. The van der Waals surface area contributed by atoms with Crippen LogP contribution in [-0.4, -0.2) is 24.6 Å². The van der Waals surface area contributed by atoms with Crippen LogP contribution >= 0.6 is 11.8 Å². The predicted octanol–water partition coefficient (Wildman–Crippen LogP) is 3.76. The molecule has 0 atom stereocenters. The molecule has 0 amide bonds. The molecule has 0 bridgehead atoms. The van der Waals surface area contributed by atoms with E-state index in [2.05, 4.69) is 23.5 Å². The van der Waals surface area contributed by atoms with Crippen molar-refractivity contribution >= 4 is 11.8 Å². The van der Waals surface area contributed by atoms with Crippen LogP contribution in [0.5, 0.6) is 0 Å². The van der Waals surface area contributed by atoms with E-state index in [0.717, 1.165) is 42.3 Å². The number of fused-ring (bicyclic) bond motifs is 3. The van der Waals surface area contributed by atoms with Crippen LogP contribution < -0.4 is 5.56 Å². The Morgan fingerprint density at radius 1 is 1.12 bits per heavy atom. The summed E-state index contributed by atoms with van der Waals surface area (Å²) in [4.78, 5) is 17.9. The number of benzene rings is 1. The molecule has 130 valence electrons. The summed E-state index contributed by atoms with van der Waals surface area (Å²) in [6.07, 6.45) is 4.36. The Labute approximate surface area is 151 Å². The van der Waals surface area contributed by atoms with E-state index in [1.165, 1.54) is 11.1 Å². The van der Waals surface area contributed by atoms with Crippen LogP contribution in [-0.2, 0) is 13.0 Å². The third-order valence-electron chi connectivity index (χ3n) is 4.51. The van der Waals surface area contributed by atoms with Crippen LogP contribution in [0.4, 0.5) is 0 Å². The minimum Gasteiger partial charge on any atom is -0.324 e. The first-order valence-corrected chi connectivity index (χ1v) is 9.77. The summed E-state index contributed by atoms with van der Waals surface area (Å²) in [6.45, 7) is 5.27. The normalized spacial score (nSPS) is 14.7. The first-order valence-electron chi connectivity index (χ1n) is 8.89. The molecule has 3 aliphatic rings. The molecule has 0 spiro atoms. The van der Waals surface area contributed by atoms with Crippen molar-refractivity contribution in [3.8, 4) is 17.1 Å². The van der Waals surface area contributed by atoms with Crippen molar-refractivity contribution in [2.75, 3.05) is 0 Å². The number of para-hydroxylation sites is 1. The van der Waals surface area contributed by atoms with Gasteiger partial charge in [-0.2, -0.15) is 4.68 Å². The van der Waals surface area contributed by atoms with Gasteiger partial charge in [0, 0.05) is 17.5 Å². The zero-order valence-electron chi connectivity index (χ0n) is 14.6. The van der Waals surface area contributed by atoms with Crippen molar-refractivity contribution in [2.45, 2.75) is 56.5 Å². The van der Waals surface area contributed by atoms with Crippen molar-refractivity contribution in [3.05, 3.63) is 46.4 Å². The molecule has 0 radical (unpaired) electrons. The van der Waals surface area contributed by atoms with E-state index in [1.807, 2.05) is 30.3 Å². The molecule has 0 saturated heterocycles. The molecule has 3 heterocycles. The highest BCUT2D eigenvalue weighted by atomic mass is 32.2. The highest BCUT2D eigenvalue weighted by molar-refractivity contribution is 7.99. The smallest absolute Gasteiger partial charge is 0.284 e. The standard InChI is InChI=1S/C19H22N4OS/c1-13(2)25-19-20-17-16(15-11-7-4-8-12-22(15)19)18(24)23(21-17)14-9-5-3-6-10-14/h3,5-6,9-10,13H,4,7-8,11-12H2,1-2H3. The van der Waals surface area contributed by atoms with Crippen molar-refractivity contribution in [1.29, 1.82) is 0 Å². The van der Waals surface area contributed by atoms with Gasteiger partial charge in [0.1, 0.15) is 5.56 Å². The van der Waals surface area contributed by atoms with Crippen LogP contribution in [0.3, 0.4) is 0 Å². The second-order valence-electron chi connectivity index (χ2n) is 6.72. The lowest BCUT2D eigenvalue weighted by molar-refractivity contribution is 0.570. The van der Waals surface area contributed by atoms with Crippen LogP contribution in [0.25, 0.3) is 17.1 Å². The van der Waals surface area contributed by atoms with E-state index in [9.17, 15) is 4.79 Å². The van der Waals surface area contributed by atoms with Crippen LogP contribution in [0.1, 0.15) is 38.8 Å². The molecule has 0 N–H and O–H groups in total. The molecule has 6 heteroatoms. The second kappa shape index (κ2) is 6.67. The maximum absolute atomic E-state index is 13.1. The topological polar surface area (TPSA) is 52.7 Å². The summed E-state index contributed by atoms with van der Waals surface area (Å²) < 4.78 is 3.76. The fraction of sp³-hybridized carbons (Fsp3) is 0.421. The molecule has 5 nitrogen and oxygen atoms in total. The van der Waals surface area contributed by atoms with Gasteiger partial charge in [-0.15, -0.1) is 5.10 Å². The minimum atomic E-state index is -0.0551. The summed E-state index contributed by atoms with van der Waals surface area (Å²) in [5.74, 6) is 0.574. The van der Waals surface area contributed by atoms with E-state index < -0.39 is 0 Å². The Bertz CT molecular complexity index is 913. The molecule has 0 saturated carbocycles. The fourth-order valence-corrected chi connectivity index (χ4v) is 4.29. The van der Waals surface area contributed by atoms with Crippen molar-refractivity contribution < 1.29 is 0 Å². The Morgan fingerprint density at radius 3 is 2.68 bits per heavy atom. The summed E-state index contributed by atoms with van der Waals surface area (Å²) in [7, 11) is 0. The molecule has 0 aliphatic carbocycles. The maximum atomic E-state index is 13.1. The van der Waals surface area contributed by atoms with Crippen LogP contribution in [0, 0.1) is 0 Å². The summed E-state index contributed by atoms with van der Waals surface area (Å²) in [5, 5.41) is 5.98. The first-order chi connectivity index (χ1) is 12.1. The quantitative estimate of drug-likeness (QED) is 0.531. The number of hydrogen-bond donors (Lipinski definition) is 0. The number of thioether (sulfide) groups is 1. The molecule has 25 heavy (non-hydrogen) atoms. The summed E-state index contributed by atoms with van der Waals surface area (Å²) >= 11 is 1.75. The predicted molar refractivity (Wildman–Crippen MR) is 101 cm³/mol. The second-order valence-corrected chi connectivity index (χ2v) is 8.26. The van der Waals surface area contributed by atoms with Gasteiger partial charge in [-0.25, -0.2) is 4.98 Å². The van der Waals surface area contributed by atoms with E-state index in [0.29, 0.717) is 16.6 Å². The number of rotatable bonds is 3. The molecule has 3 aliphatic heterocycles. The first kappa shape index (κ1) is 16.4. The lowest BCUT2D eigenvalue weighted by Crippen LogP contribution is -2.19. The van der Waals surface area contributed by atoms with E-state index >= 15 is 0 Å². The van der Waals surface area contributed by atoms with Crippen molar-refractivity contribution in [1.82, 2.24) is 19.3 Å². The van der Waals surface area contributed by atoms with E-state index in [-0.39, 0.29) is 5.56 Å². The van der Waals surface area contributed by atoms with Gasteiger partial charge in [0.05, 0.1) is 5.69 Å². The summed E-state index contributed by atoms with van der Waals surface area (Å²) in [6, 6.07) is 9.59. The zero-order valence-corrected chi connectivity index (χ0v) is 15.4. The molecule has 4 rings (SSSR count). The van der Waals surface area contributed by atoms with Gasteiger partial charge in [0.25, 0.3) is 5.56 Å². The van der Waals surface area contributed by atoms with Crippen molar-refractivity contribution in [2.24, 2.45) is 0 Å². The Kier molecular flexibility index (Phi) is 4.37. The molecule has 0 unspecified atom stereocenters. The van der Waals surface area contributed by atoms with Gasteiger partial charge in [-0.3, -0.25) is 4.79 Å². The fourth-order valence-electron chi connectivity index (χ4n) is 3.40. The van der Waals surface area contributed by atoms with E-state index in [1.54, 1.807) is 11.8 Å². The van der Waals surface area contributed by atoms with Gasteiger partial charge in [0.15, 0.2) is 11.0 Å². The highest BCUT2D eigenvalue weighted by Gasteiger charge is 2.27. The Hall–Kier alpha value is -2.08. The maximum Gasteiger partial charge on any atom is 0.284 e. The lowest BCUT2D eigenvalue weighted by atomic mass is 10.1. The van der Waals surface area contributed by atoms with Crippen molar-refractivity contribution in [3.63, 3.8) is 0 Å². The third-order valence-corrected chi connectivity index (χ3v) is 5.50. The highest BCUT2D eigenvalue weighted by Crippen LogP contribution is 2.31. The molecule has 1 aromatic carbocycles. The number of nitrogens with zero attached hydrogens (tertiary/aromatic N) is 4. The SMILES string of the molecule is CC(C)Sc1nc2nn(-c3ccccc3)c(=O)c-2c2n1CCCCC2. The molecule has 1 aromatic rings. The molecular weight excluding hydrogens is 332 g/mol. The monoisotopic (exact) mass is 354 g/mol. The van der Waals surface area contributed by atoms with Gasteiger partial charge < -0.3 is 4.57 Å². The van der Waals surface area contributed by atoms with Crippen LogP contribution in [0.2, 0.25) is 0 Å². The average Bonchev–Trinajstić information content (AvgIpc) is 2.78.